The predicted molar refractivity (Wildman–Crippen MR) is 54.6 cm³/mol. The highest BCUT2D eigenvalue weighted by atomic mass is 32.2. The van der Waals surface area contributed by atoms with E-state index in [4.69, 9.17) is 5.11 Å². The summed E-state index contributed by atoms with van der Waals surface area (Å²) in [6.07, 6.45) is 1.27. The van der Waals surface area contributed by atoms with Gasteiger partial charge in [0.15, 0.2) is 0 Å². The van der Waals surface area contributed by atoms with Crippen LogP contribution in [0.25, 0.3) is 0 Å². The van der Waals surface area contributed by atoms with Crippen LogP contribution in [0.5, 0.6) is 0 Å². The second-order valence-corrected chi connectivity index (χ2v) is 5.04. The zero-order valence-electron chi connectivity index (χ0n) is 7.84. The Kier molecular flexibility index (Phi) is 2.26. The summed E-state index contributed by atoms with van der Waals surface area (Å²) >= 11 is 0. The standard InChI is InChI=1S/C10H10O4S/c11-9(12)7-1-3-8(4-2-7)10(5-6-10)15(13)14/h1-4,15H,5-6H2,(H,11,12). The van der Waals surface area contributed by atoms with Crippen molar-refractivity contribution in [2.24, 2.45) is 0 Å². The van der Waals surface area contributed by atoms with Crippen molar-refractivity contribution in [2.45, 2.75) is 17.6 Å². The van der Waals surface area contributed by atoms with Crippen molar-refractivity contribution in [1.29, 1.82) is 0 Å². The highest BCUT2D eigenvalue weighted by Crippen LogP contribution is 2.48. The molecule has 0 aromatic heterocycles. The molecule has 1 aliphatic rings. The van der Waals surface area contributed by atoms with E-state index < -0.39 is 21.4 Å². The third-order valence-electron chi connectivity index (χ3n) is 2.74. The average Bonchev–Trinajstić information content (AvgIpc) is 2.98. The van der Waals surface area contributed by atoms with E-state index in [0.29, 0.717) is 18.4 Å². The zero-order chi connectivity index (χ0) is 11.1. The minimum absolute atomic E-state index is 0.177. The van der Waals surface area contributed by atoms with Gasteiger partial charge in [0.25, 0.3) is 0 Å². The van der Waals surface area contributed by atoms with Crippen LogP contribution in [0.4, 0.5) is 0 Å². The van der Waals surface area contributed by atoms with Gasteiger partial charge in [-0.15, -0.1) is 0 Å². The lowest BCUT2D eigenvalue weighted by Crippen LogP contribution is -2.08. The van der Waals surface area contributed by atoms with Crippen LogP contribution in [0.15, 0.2) is 24.3 Å². The Morgan fingerprint density at radius 3 is 2.07 bits per heavy atom. The van der Waals surface area contributed by atoms with E-state index in [9.17, 15) is 13.2 Å². The fourth-order valence-electron chi connectivity index (χ4n) is 1.62. The number of carboxylic acids is 1. The molecule has 0 heterocycles. The molecule has 5 heteroatoms. The quantitative estimate of drug-likeness (QED) is 0.754. The number of carbonyl (C=O) groups is 1. The third-order valence-corrected chi connectivity index (χ3v) is 4.15. The van der Waals surface area contributed by atoms with Gasteiger partial charge in [-0.2, -0.15) is 0 Å². The fraction of sp³-hybridized carbons (Fsp3) is 0.300. The Bertz CT molecular complexity index is 461. The van der Waals surface area contributed by atoms with Crippen LogP contribution in [0.1, 0.15) is 28.8 Å². The smallest absolute Gasteiger partial charge is 0.335 e. The molecule has 0 aliphatic heterocycles. The van der Waals surface area contributed by atoms with Crippen molar-refractivity contribution in [3.05, 3.63) is 35.4 Å². The van der Waals surface area contributed by atoms with Crippen LogP contribution in [0.2, 0.25) is 0 Å². The lowest BCUT2D eigenvalue weighted by molar-refractivity contribution is 0.0697. The molecule has 0 spiro atoms. The van der Waals surface area contributed by atoms with Crippen LogP contribution in [-0.4, -0.2) is 19.5 Å². The lowest BCUT2D eigenvalue weighted by atomic mass is 10.1. The second-order valence-electron chi connectivity index (χ2n) is 3.67. The zero-order valence-corrected chi connectivity index (χ0v) is 8.74. The summed E-state index contributed by atoms with van der Waals surface area (Å²) in [6.45, 7) is 0. The highest BCUT2D eigenvalue weighted by molar-refractivity contribution is 7.74. The summed E-state index contributed by atoms with van der Waals surface area (Å²) < 4.78 is 21.3. The first-order valence-electron chi connectivity index (χ1n) is 4.54. The van der Waals surface area contributed by atoms with E-state index in [1.807, 2.05) is 0 Å². The Morgan fingerprint density at radius 2 is 1.73 bits per heavy atom. The summed E-state index contributed by atoms with van der Waals surface area (Å²) in [7, 11) is -2.48. The summed E-state index contributed by atoms with van der Waals surface area (Å²) in [5, 5.41) is 8.68. The molecule has 80 valence electrons. The fourth-order valence-corrected chi connectivity index (χ4v) is 2.45. The monoisotopic (exact) mass is 226 g/mol. The van der Waals surface area contributed by atoms with Gasteiger partial charge >= 0.3 is 5.97 Å². The van der Waals surface area contributed by atoms with Crippen LogP contribution < -0.4 is 0 Å². The predicted octanol–water partition coefficient (Wildman–Crippen LogP) is 0.985. The normalized spacial score (nSPS) is 17.7. The van der Waals surface area contributed by atoms with Gasteiger partial charge in [0.1, 0.15) is 10.7 Å². The Morgan fingerprint density at radius 1 is 1.20 bits per heavy atom. The van der Waals surface area contributed by atoms with Gasteiger partial charge < -0.3 is 5.11 Å². The summed E-state index contributed by atoms with van der Waals surface area (Å²) in [6, 6.07) is 6.05. The van der Waals surface area contributed by atoms with Crippen molar-refractivity contribution in [3.63, 3.8) is 0 Å². The van der Waals surface area contributed by atoms with Gasteiger partial charge in [0.05, 0.1) is 10.3 Å². The molecule has 2 rings (SSSR count). The molecule has 1 aromatic rings. The highest BCUT2D eigenvalue weighted by Gasteiger charge is 2.48. The van der Waals surface area contributed by atoms with Crippen molar-refractivity contribution in [3.8, 4) is 0 Å². The van der Waals surface area contributed by atoms with E-state index in [2.05, 4.69) is 0 Å². The molecule has 0 amide bonds. The molecule has 4 nitrogen and oxygen atoms in total. The number of hydrogen-bond acceptors (Lipinski definition) is 3. The Balaban J connectivity index is 2.36. The molecule has 0 radical (unpaired) electrons. The molecule has 1 aromatic carbocycles. The van der Waals surface area contributed by atoms with E-state index in [1.165, 1.54) is 12.1 Å². The van der Waals surface area contributed by atoms with E-state index >= 15 is 0 Å². The van der Waals surface area contributed by atoms with Gasteiger partial charge in [-0.25, -0.2) is 13.2 Å². The number of thiol groups is 1. The number of rotatable bonds is 3. The molecular formula is C10H10O4S. The maximum atomic E-state index is 11.0. The average molecular weight is 226 g/mol. The summed E-state index contributed by atoms with van der Waals surface area (Å²) in [5.41, 5.74) is 0.874. The maximum absolute atomic E-state index is 11.0. The first kappa shape index (κ1) is 10.2. The first-order chi connectivity index (χ1) is 7.06. The number of carboxylic acid groups (broad SMARTS) is 1. The number of hydrogen-bond donors (Lipinski definition) is 2. The number of benzene rings is 1. The Hall–Kier alpha value is -1.36. The van der Waals surface area contributed by atoms with Crippen LogP contribution >= 0.6 is 0 Å². The summed E-state index contributed by atoms with van der Waals surface area (Å²) in [4.78, 5) is 10.6. The third kappa shape index (κ3) is 1.63. The van der Waals surface area contributed by atoms with Crippen LogP contribution in [0.3, 0.4) is 0 Å². The molecule has 1 N–H and O–H groups in total. The molecule has 15 heavy (non-hydrogen) atoms. The molecule has 1 aliphatic carbocycles. The molecular weight excluding hydrogens is 216 g/mol. The Labute approximate surface area is 88.5 Å². The van der Waals surface area contributed by atoms with E-state index in [-0.39, 0.29) is 5.56 Å². The molecule has 0 unspecified atom stereocenters. The molecule has 0 atom stereocenters. The van der Waals surface area contributed by atoms with E-state index in [0.717, 1.165) is 0 Å². The molecule has 1 fully saturated rings. The first-order valence-corrected chi connectivity index (χ1v) is 5.72. The minimum atomic E-state index is -2.48. The molecule has 0 bridgehead atoms. The van der Waals surface area contributed by atoms with Gasteiger partial charge in [-0.3, -0.25) is 0 Å². The lowest BCUT2D eigenvalue weighted by Gasteiger charge is -2.07. The summed E-state index contributed by atoms with van der Waals surface area (Å²) in [5.74, 6) is -1.00. The van der Waals surface area contributed by atoms with Crippen molar-refractivity contribution in [1.82, 2.24) is 0 Å². The minimum Gasteiger partial charge on any atom is -0.478 e. The van der Waals surface area contributed by atoms with Crippen LogP contribution in [-0.2, 0) is 15.5 Å². The maximum Gasteiger partial charge on any atom is 0.335 e. The van der Waals surface area contributed by atoms with E-state index in [1.54, 1.807) is 12.1 Å². The van der Waals surface area contributed by atoms with Crippen molar-refractivity contribution in [2.75, 3.05) is 0 Å². The van der Waals surface area contributed by atoms with Gasteiger partial charge in [0, 0.05) is 0 Å². The van der Waals surface area contributed by atoms with Gasteiger partial charge in [-0.05, 0) is 30.5 Å². The number of aromatic carboxylic acids is 1. The van der Waals surface area contributed by atoms with Crippen molar-refractivity contribution >= 4 is 16.7 Å². The van der Waals surface area contributed by atoms with Crippen molar-refractivity contribution < 1.29 is 18.3 Å². The molecule has 1 saturated carbocycles. The SMILES string of the molecule is O=C(O)c1ccc(C2([SH](=O)=O)CC2)cc1. The van der Waals surface area contributed by atoms with Gasteiger partial charge in [0.2, 0.25) is 0 Å². The topological polar surface area (TPSA) is 71.4 Å². The molecule has 0 saturated heterocycles. The van der Waals surface area contributed by atoms with Gasteiger partial charge in [-0.1, -0.05) is 12.1 Å². The second kappa shape index (κ2) is 3.34. The largest absolute Gasteiger partial charge is 0.478 e. The van der Waals surface area contributed by atoms with Crippen LogP contribution in [0, 0.1) is 0 Å².